The van der Waals surface area contributed by atoms with Crippen molar-refractivity contribution in [2.24, 2.45) is 0 Å². The predicted octanol–water partition coefficient (Wildman–Crippen LogP) is 27.0. The lowest BCUT2D eigenvalue weighted by Gasteiger charge is -2.11. The lowest BCUT2D eigenvalue weighted by Crippen LogP contribution is -1.97. The Morgan fingerprint density at radius 2 is 0.434 bits per heavy atom. The molecule has 0 fully saturated rings. The van der Waals surface area contributed by atoms with Gasteiger partial charge in [-0.3, -0.25) is 9.97 Å². The molecule has 0 N–H and O–H groups in total. The Morgan fingerprint density at radius 3 is 0.844 bits per heavy atom. The molecule has 13 aromatic carbocycles. The topological polar surface area (TPSA) is 155 Å². The van der Waals surface area contributed by atoms with Gasteiger partial charge in [-0.2, -0.15) is 0 Å². The van der Waals surface area contributed by atoms with E-state index >= 15 is 0 Å². The van der Waals surface area contributed by atoms with Crippen LogP contribution in [0.1, 0.15) is 0 Å². The Balaban J connectivity index is 0.000000146. The third-order valence-electron chi connectivity index (χ3n) is 22.6. The van der Waals surface area contributed by atoms with Crippen LogP contribution in [0.25, 0.3) is 234 Å². The number of benzene rings is 13. The zero-order valence-corrected chi connectivity index (χ0v) is 65.6. The van der Waals surface area contributed by atoms with Gasteiger partial charge in [0, 0.05) is 100.0 Å². The molecule has 0 saturated carbocycles. The number of aromatic nitrogens is 12. The van der Waals surface area contributed by atoms with Gasteiger partial charge >= 0.3 is 0 Å². The van der Waals surface area contributed by atoms with E-state index in [-0.39, 0.29) is 0 Å². The SMILES string of the molecule is c1ccc(-c2cc(-c3ccc4cc(-c5ccc6nc(-c7ccc(-c8ccc9ccc%10ccc(-c%11ccccc%11)nc%10c9n8)cc7)ccc6c5)ccc4n3)nc(-c3ccccc3)n2)cc1.c1ccc(-c2cc(-c3ccc4cc(-c5ccc6nc(-c7ccc(-c8ccnc9c8ccc8cccnc89)cc7)ccc6c5)ccc4n3)nc(-c3ccccc3)n2)cc1. The fourth-order valence-corrected chi connectivity index (χ4v) is 16.3. The standard InChI is InChI=1S/C58H36N6.C52H32N6/c1-4-10-37(11-5-1)49-28-22-41-20-21-42-23-29-50(62-57(42)56(41)61-49)40-18-16-39(17-19-40)48-32-26-46-34-44(24-30-51(46)59-48)45-25-31-52-47(35-45)27-33-53(60-52)55-36-54(38-12-6-2-7-13-38)63-58(64-55)43-14-8-3-9-15-43;1-3-8-34(9-4-1)48-32-49(58-52(57-48)37-10-5-2-6-11-37)47-26-21-41-31-39(19-24-46(41)56-47)38-18-23-45-40(30-38)20-25-44(55-45)35-15-13-33(14-16-35)42-27-29-54-51-43(42)22-17-36-12-7-28-53-50(36)51/h1-36H;1-32H. The normalized spacial score (nSPS) is 11.4. The van der Waals surface area contributed by atoms with E-state index in [0.717, 1.165) is 222 Å². The van der Waals surface area contributed by atoms with E-state index in [0.29, 0.717) is 11.6 Å². The summed E-state index contributed by atoms with van der Waals surface area (Å²) in [7, 11) is 0. The first kappa shape index (κ1) is 71.8. The van der Waals surface area contributed by atoms with Gasteiger partial charge < -0.3 is 0 Å². The van der Waals surface area contributed by atoms with Crippen molar-refractivity contribution < 1.29 is 0 Å². The van der Waals surface area contributed by atoms with Gasteiger partial charge in [0.05, 0.1) is 101 Å². The highest BCUT2D eigenvalue weighted by molar-refractivity contribution is 6.09. The maximum absolute atomic E-state index is 5.16. The minimum atomic E-state index is 0.671. The quantitative estimate of drug-likeness (QED) is 0.101. The summed E-state index contributed by atoms with van der Waals surface area (Å²) >= 11 is 0. The average Bonchev–Trinajstić information content (AvgIpc) is 0.780. The fraction of sp³-hybridized carbons (Fsp3) is 0. The van der Waals surface area contributed by atoms with Crippen LogP contribution in [-0.4, -0.2) is 59.8 Å². The van der Waals surface area contributed by atoms with Gasteiger partial charge in [0.25, 0.3) is 0 Å². The monoisotopic (exact) mass is 1560 g/mol. The lowest BCUT2D eigenvalue weighted by atomic mass is 9.98. The van der Waals surface area contributed by atoms with E-state index in [1.165, 1.54) is 0 Å². The largest absolute Gasteiger partial charge is 0.254 e. The minimum absolute atomic E-state index is 0.671. The molecule has 0 aliphatic heterocycles. The molecule has 10 heterocycles. The minimum Gasteiger partial charge on any atom is -0.254 e. The molecule has 568 valence electrons. The second-order valence-corrected chi connectivity index (χ2v) is 30.3. The Morgan fingerprint density at radius 1 is 0.139 bits per heavy atom. The zero-order valence-electron chi connectivity index (χ0n) is 65.6. The second kappa shape index (κ2) is 31.1. The van der Waals surface area contributed by atoms with Crippen LogP contribution in [-0.2, 0) is 0 Å². The Bertz CT molecular complexity index is 7860. The molecule has 12 heteroatoms. The summed E-state index contributed by atoms with van der Waals surface area (Å²) in [4.78, 5) is 59.7. The van der Waals surface area contributed by atoms with Crippen LogP contribution in [0.5, 0.6) is 0 Å². The van der Waals surface area contributed by atoms with E-state index in [9.17, 15) is 0 Å². The van der Waals surface area contributed by atoms with Gasteiger partial charge in [0.1, 0.15) is 0 Å². The first-order valence-electron chi connectivity index (χ1n) is 40.6. The third-order valence-corrected chi connectivity index (χ3v) is 22.6. The fourth-order valence-electron chi connectivity index (χ4n) is 16.3. The van der Waals surface area contributed by atoms with Crippen molar-refractivity contribution in [3.8, 4) is 146 Å². The third kappa shape index (κ3) is 14.2. The number of fused-ring (bicyclic) bond motifs is 10. The van der Waals surface area contributed by atoms with Crippen molar-refractivity contribution >= 4 is 87.2 Å². The van der Waals surface area contributed by atoms with E-state index in [4.69, 9.17) is 49.8 Å². The average molecular weight is 1560 g/mol. The van der Waals surface area contributed by atoms with Crippen LogP contribution in [0.3, 0.4) is 0 Å². The number of hydrogen-bond donors (Lipinski definition) is 0. The molecule has 0 atom stereocenters. The predicted molar refractivity (Wildman–Crippen MR) is 497 cm³/mol. The van der Waals surface area contributed by atoms with Crippen molar-refractivity contribution in [3.63, 3.8) is 0 Å². The molecule has 0 saturated heterocycles. The molecule has 23 rings (SSSR count). The molecular formula is C110H68N12. The lowest BCUT2D eigenvalue weighted by molar-refractivity contribution is 1.17. The van der Waals surface area contributed by atoms with Gasteiger partial charge in [0.15, 0.2) is 11.6 Å². The second-order valence-electron chi connectivity index (χ2n) is 30.3. The van der Waals surface area contributed by atoms with Crippen LogP contribution >= 0.6 is 0 Å². The van der Waals surface area contributed by atoms with Crippen molar-refractivity contribution in [2.45, 2.75) is 0 Å². The Hall–Kier alpha value is -16.7. The van der Waals surface area contributed by atoms with Crippen LogP contribution in [0, 0.1) is 0 Å². The van der Waals surface area contributed by atoms with Gasteiger partial charge in [0.2, 0.25) is 0 Å². The van der Waals surface area contributed by atoms with Gasteiger partial charge in [-0.15, -0.1) is 0 Å². The molecule has 23 aromatic rings. The molecule has 0 radical (unpaired) electrons. The molecule has 12 nitrogen and oxygen atoms in total. The molecule has 0 aliphatic carbocycles. The number of pyridine rings is 8. The Labute approximate surface area is 701 Å². The highest BCUT2D eigenvalue weighted by Gasteiger charge is 2.19. The smallest absolute Gasteiger partial charge is 0.160 e. The molecule has 0 bridgehead atoms. The van der Waals surface area contributed by atoms with Crippen molar-refractivity contribution in [3.05, 3.63) is 413 Å². The maximum Gasteiger partial charge on any atom is 0.160 e. The summed E-state index contributed by atoms with van der Waals surface area (Å²) in [6.45, 7) is 0. The summed E-state index contributed by atoms with van der Waals surface area (Å²) in [5.41, 5.74) is 30.9. The Kier molecular flexibility index (Phi) is 18.3. The first-order valence-corrected chi connectivity index (χ1v) is 40.6. The van der Waals surface area contributed by atoms with E-state index < -0.39 is 0 Å². The van der Waals surface area contributed by atoms with Crippen LogP contribution < -0.4 is 0 Å². The summed E-state index contributed by atoms with van der Waals surface area (Å²) < 4.78 is 0. The highest BCUT2D eigenvalue weighted by atomic mass is 14.9. The van der Waals surface area contributed by atoms with Crippen molar-refractivity contribution in [2.75, 3.05) is 0 Å². The van der Waals surface area contributed by atoms with E-state index in [1.807, 2.05) is 146 Å². The molecule has 122 heavy (non-hydrogen) atoms. The molecular weight excluding hydrogens is 1490 g/mol. The van der Waals surface area contributed by atoms with Crippen molar-refractivity contribution in [1.82, 2.24) is 59.8 Å². The number of hydrogen-bond acceptors (Lipinski definition) is 12. The summed E-state index contributed by atoms with van der Waals surface area (Å²) in [6.07, 6.45) is 3.69. The molecule has 0 unspecified atom stereocenters. The first-order chi connectivity index (χ1) is 60.3. The molecule has 0 aliphatic rings. The number of rotatable bonds is 13. The summed E-state index contributed by atoms with van der Waals surface area (Å²) in [5.74, 6) is 1.34. The maximum atomic E-state index is 5.16. The van der Waals surface area contributed by atoms with Gasteiger partial charge in [-0.25, -0.2) is 49.8 Å². The van der Waals surface area contributed by atoms with Crippen LogP contribution in [0.15, 0.2) is 413 Å². The van der Waals surface area contributed by atoms with Crippen LogP contribution in [0.4, 0.5) is 0 Å². The van der Waals surface area contributed by atoms with Crippen LogP contribution in [0.2, 0.25) is 0 Å². The number of nitrogens with zero attached hydrogens (tertiary/aromatic N) is 12. The highest BCUT2D eigenvalue weighted by Crippen LogP contribution is 2.39. The van der Waals surface area contributed by atoms with Crippen molar-refractivity contribution in [1.29, 1.82) is 0 Å². The van der Waals surface area contributed by atoms with Gasteiger partial charge in [-0.1, -0.05) is 291 Å². The summed E-state index contributed by atoms with van der Waals surface area (Å²) in [5, 5.41) is 8.59. The molecule has 10 aromatic heterocycles. The van der Waals surface area contributed by atoms with E-state index in [1.54, 1.807) is 0 Å². The summed E-state index contributed by atoms with van der Waals surface area (Å²) in [6, 6.07) is 138. The van der Waals surface area contributed by atoms with E-state index in [2.05, 4.69) is 277 Å². The zero-order chi connectivity index (χ0) is 80.8. The molecule has 0 amide bonds. The molecule has 0 spiro atoms. The van der Waals surface area contributed by atoms with Gasteiger partial charge in [-0.05, 0) is 143 Å².